The maximum absolute atomic E-state index is 13.4. The largest absolute Gasteiger partial charge is 0.494 e. The van der Waals surface area contributed by atoms with Crippen LogP contribution in [0.25, 0.3) is 11.4 Å². The average Bonchev–Trinajstić information content (AvgIpc) is 3.59. The van der Waals surface area contributed by atoms with Crippen LogP contribution in [0.5, 0.6) is 5.75 Å². The summed E-state index contributed by atoms with van der Waals surface area (Å²) in [6, 6.07) is 9.79. The van der Waals surface area contributed by atoms with Gasteiger partial charge in [0.25, 0.3) is 0 Å². The molecule has 0 amide bonds. The number of likely N-dealkylation sites (tertiary alicyclic amines) is 1. The molecule has 2 aromatic heterocycles. The molecule has 3 saturated heterocycles. The van der Waals surface area contributed by atoms with E-state index in [1.54, 1.807) is 10.9 Å². The number of aryl methyl sites for hydroxylation is 1. The Morgan fingerprint density at radius 2 is 1.78 bits per heavy atom. The number of benzene rings is 1. The topological polar surface area (TPSA) is 89.8 Å². The van der Waals surface area contributed by atoms with Crippen LogP contribution in [0.1, 0.15) is 47.0 Å². The first-order valence-electron chi connectivity index (χ1n) is 15.8. The Hall–Kier alpha value is -3.29. The van der Waals surface area contributed by atoms with Crippen molar-refractivity contribution in [2.75, 3.05) is 50.1 Å². The molecule has 45 heavy (non-hydrogen) atoms. The van der Waals surface area contributed by atoms with Crippen molar-refractivity contribution in [1.29, 1.82) is 0 Å². The van der Waals surface area contributed by atoms with Crippen LogP contribution in [0.4, 0.5) is 26.2 Å². The Bertz CT molecular complexity index is 1550. The molecule has 3 aliphatic heterocycles. The molecule has 240 valence electrons. The molecule has 5 heterocycles. The van der Waals surface area contributed by atoms with Gasteiger partial charge in [0.2, 0.25) is 11.9 Å². The molecular formula is C32H42BF2N7O3. The van der Waals surface area contributed by atoms with Crippen LogP contribution in [-0.2, 0) is 16.4 Å². The Kier molecular flexibility index (Phi) is 7.18. The Morgan fingerprint density at radius 1 is 1.04 bits per heavy atom. The summed E-state index contributed by atoms with van der Waals surface area (Å²) in [4.78, 5) is 13.7. The normalized spacial score (nSPS) is 24.5. The zero-order valence-corrected chi connectivity index (χ0v) is 26.9. The van der Waals surface area contributed by atoms with Crippen LogP contribution in [0.2, 0.25) is 0 Å². The summed E-state index contributed by atoms with van der Waals surface area (Å²) in [6.07, 6.45) is 2.80. The van der Waals surface area contributed by atoms with Gasteiger partial charge in [-0.2, -0.15) is 4.98 Å². The van der Waals surface area contributed by atoms with Gasteiger partial charge in [0.05, 0.1) is 23.5 Å². The van der Waals surface area contributed by atoms with Crippen molar-refractivity contribution in [2.45, 2.75) is 64.1 Å². The van der Waals surface area contributed by atoms with Gasteiger partial charge in [-0.1, -0.05) is 6.07 Å². The highest BCUT2D eigenvalue weighted by Crippen LogP contribution is 2.57. The first-order chi connectivity index (χ1) is 21.2. The molecule has 7 rings (SSSR count). The quantitative estimate of drug-likeness (QED) is 0.366. The zero-order valence-electron chi connectivity index (χ0n) is 26.9. The Morgan fingerprint density at radius 3 is 2.40 bits per heavy atom. The number of hydrogen-bond acceptors (Lipinski definition) is 9. The number of anilines is 3. The van der Waals surface area contributed by atoms with Crippen LogP contribution in [0.3, 0.4) is 0 Å². The highest BCUT2D eigenvalue weighted by molar-refractivity contribution is 6.62. The fourth-order valence-electron chi connectivity index (χ4n) is 6.89. The molecule has 1 unspecified atom stereocenters. The van der Waals surface area contributed by atoms with Crippen molar-refractivity contribution in [3.05, 3.63) is 36.5 Å². The lowest BCUT2D eigenvalue weighted by atomic mass is 9.61. The molecule has 13 heteroatoms. The average molecular weight is 622 g/mol. The van der Waals surface area contributed by atoms with E-state index in [0.29, 0.717) is 43.1 Å². The van der Waals surface area contributed by atoms with Crippen molar-refractivity contribution >= 4 is 30.0 Å². The second-order valence-corrected chi connectivity index (χ2v) is 14.6. The monoisotopic (exact) mass is 621 g/mol. The fraction of sp³-hybridized carbons (Fsp3) is 0.594. The fourth-order valence-corrected chi connectivity index (χ4v) is 6.89. The van der Waals surface area contributed by atoms with Crippen LogP contribution in [0.15, 0.2) is 36.5 Å². The SMILES string of the molecule is CN1CCC(COc2cc(B3OC(C)(C)C(C)(C)O3)ccc2Nc2nc(-c3ccc(N4CC5(C4)CC(F)(F)C5)nc3)nn2C)C1. The van der Waals surface area contributed by atoms with Gasteiger partial charge in [0.1, 0.15) is 11.6 Å². The lowest BCUT2D eigenvalue weighted by molar-refractivity contribution is -0.170. The van der Waals surface area contributed by atoms with Crippen LogP contribution in [-0.4, -0.2) is 88.7 Å². The van der Waals surface area contributed by atoms with E-state index in [0.717, 1.165) is 42.0 Å². The predicted octanol–water partition coefficient (Wildman–Crippen LogP) is 4.49. The predicted molar refractivity (Wildman–Crippen MR) is 170 cm³/mol. The van der Waals surface area contributed by atoms with E-state index < -0.39 is 24.2 Å². The minimum absolute atomic E-state index is 0.0197. The molecule has 1 N–H and O–H groups in total. The standard InChI is InChI=1S/C32H42BF2N7O3/c1-29(2)30(3,4)45-33(44-29)23-8-9-24(25(13-23)43-16-21-11-12-40(5)15-21)37-28-38-27(39-41(28)6)22-7-10-26(36-14-22)42-19-31(20-42)17-32(34,35)18-31/h7-10,13-14,21H,11-12,15-20H2,1-6H3,(H,37,38,39). The number of rotatable bonds is 8. The Balaban J connectivity index is 1.07. The first kappa shape index (κ1) is 30.4. The number of ether oxygens (including phenoxy) is 1. The van der Waals surface area contributed by atoms with E-state index >= 15 is 0 Å². The van der Waals surface area contributed by atoms with Crippen molar-refractivity contribution in [3.63, 3.8) is 0 Å². The van der Waals surface area contributed by atoms with Gasteiger partial charge in [0, 0.05) is 62.6 Å². The molecule has 4 aliphatic rings. The highest BCUT2D eigenvalue weighted by Gasteiger charge is 2.62. The van der Waals surface area contributed by atoms with E-state index in [9.17, 15) is 8.78 Å². The smallest absolute Gasteiger partial charge is 0.491 e. The number of aromatic nitrogens is 4. The van der Waals surface area contributed by atoms with Crippen LogP contribution < -0.4 is 20.4 Å². The zero-order chi connectivity index (χ0) is 31.8. The summed E-state index contributed by atoms with van der Waals surface area (Å²) in [5.74, 6) is 0.517. The second kappa shape index (κ2) is 10.6. The van der Waals surface area contributed by atoms with E-state index in [2.05, 4.69) is 32.2 Å². The van der Waals surface area contributed by atoms with Crippen molar-refractivity contribution in [1.82, 2.24) is 24.6 Å². The molecular weight excluding hydrogens is 579 g/mol. The van der Waals surface area contributed by atoms with E-state index in [-0.39, 0.29) is 18.3 Å². The maximum Gasteiger partial charge on any atom is 0.494 e. The number of halogens is 2. The summed E-state index contributed by atoms with van der Waals surface area (Å²) >= 11 is 0. The molecule has 1 spiro atoms. The molecule has 3 aromatic rings. The molecule has 1 atom stereocenters. The van der Waals surface area contributed by atoms with Crippen molar-refractivity contribution in [3.8, 4) is 17.1 Å². The highest BCUT2D eigenvalue weighted by atomic mass is 19.3. The minimum Gasteiger partial charge on any atom is -0.491 e. The van der Waals surface area contributed by atoms with Gasteiger partial charge in [0.15, 0.2) is 5.82 Å². The summed E-state index contributed by atoms with van der Waals surface area (Å²) in [6.45, 7) is 12.1. The first-order valence-corrected chi connectivity index (χ1v) is 15.8. The maximum atomic E-state index is 13.4. The number of nitrogens with one attached hydrogen (secondary N) is 1. The molecule has 0 bridgehead atoms. The van der Waals surface area contributed by atoms with Crippen LogP contribution >= 0.6 is 0 Å². The molecule has 1 aromatic carbocycles. The summed E-state index contributed by atoms with van der Waals surface area (Å²) in [5, 5.41) is 8.05. The lowest BCUT2D eigenvalue weighted by Crippen LogP contribution is -2.66. The van der Waals surface area contributed by atoms with Gasteiger partial charge in [-0.15, -0.1) is 5.10 Å². The molecule has 1 aliphatic carbocycles. The van der Waals surface area contributed by atoms with Crippen molar-refractivity contribution in [2.24, 2.45) is 18.4 Å². The van der Waals surface area contributed by atoms with Gasteiger partial charge in [-0.3, -0.25) is 0 Å². The van der Waals surface area contributed by atoms with E-state index in [1.165, 1.54) is 0 Å². The summed E-state index contributed by atoms with van der Waals surface area (Å²) in [7, 11) is 3.47. The molecule has 10 nitrogen and oxygen atoms in total. The third kappa shape index (κ3) is 5.78. The Labute approximate surface area is 263 Å². The number of hydrogen-bond donors (Lipinski definition) is 1. The molecule has 1 saturated carbocycles. The van der Waals surface area contributed by atoms with E-state index in [4.69, 9.17) is 19.0 Å². The van der Waals surface area contributed by atoms with Gasteiger partial charge >= 0.3 is 7.12 Å². The summed E-state index contributed by atoms with van der Waals surface area (Å²) in [5.41, 5.74) is 1.29. The second-order valence-electron chi connectivity index (χ2n) is 14.6. The number of nitrogens with zero attached hydrogens (tertiary/aromatic N) is 6. The third-order valence-electron chi connectivity index (χ3n) is 10.2. The lowest BCUT2D eigenvalue weighted by Gasteiger charge is -2.59. The van der Waals surface area contributed by atoms with E-state index in [1.807, 2.05) is 65.1 Å². The van der Waals surface area contributed by atoms with Gasteiger partial charge in [-0.05, 0) is 77.4 Å². The third-order valence-corrected chi connectivity index (χ3v) is 10.2. The number of alkyl halides is 2. The number of pyridine rings is 1. The summed E-state index contributed by atoms with van der Waals surface area (Å²) < 4.78 is 47.6. The minimum atomic E-state index is -2.51. The van der Waals surface area contributed by atoms with Crippen molar-refractivity contribution < 1.29 is 22.8 Å². The molecule has 0 radical (unpaired) electrons. The van der Waals surface area contributed by atoms with Gasteiger partial charge < -0.3 is 29.2 Å². The van der Waals surface area contributed by atoms with Gasteiger partial charge in [-0.25, -0.2) is 18.4 Å². The molecule has 4 fully saturated rings. The van der Waals surface area contributed by atoms with Crippen LogP contribution in [0, 0.1) is 11.3 Å².